The number of rotatable bonds is 4. The number of methoxy groups -OCH3 is 1. The number of hydrogen-bond acceptors (Lipinski definition) is 2. The molecule has 1 aromatic carbocycles. The Morgan fingerprint density at radius 2 is 1.93 bits per heavy atom. The summed E-state index contributed by atoms with van der Waals surface area (Å²) in [5.41, 5.74) is 1.10. The van der Waals surface area contributed by atoms with Gasteiger partial charge in [-0.2, -0.15) is 0 Å². The van der Waals surface area contributed by atoms with Crippen molar-refractivity contribution in [3.8, 4) is 0 Å². The minimum absolute atomic E-state index is 0.523. The molecule has 0 aliphatic heterocycles. The van der Waals surface area contributed by atoms with Crippen LogP contribution in [0.5, 0.6) is 0 Å². The molecule has 0 saturated heterocycles. The van der Waals surface area contributed by atoms with Gasteiger partial charge >= 0.3 is 0 Å². The summed E-state index contributed by atoms with van der Waals surface area (Å²) in [7, 11) is 1.64. The maximum Gasteiger partial charge on any atom is 0.162 e. The first-order chi connectivity index (χ1) is 6.94. The van der Waals surface area contributed by atoms with E-state index in [1.54, 1.807) is 7.11 Å². The van der Waals surface area contributed by atoms with Gasteiger partial charge in [0, 0.05) is 16.1 Å². The summed E-state index contributed by atoms with van der Waals surface area (Å²) in [6, 6.07) is 6.00. The minimum Gasteiger partial charge on any atom is -0.354 e. The van der Waals surface area contributed by atoms with Crippen LogP contribution in [0.25, 0.3) is 0 Å². The molecule has 0 aliphatic carbocycles. The van der Waals surface area contributed by atoms with Crippen molar-refractivity contribution in [2.75, 3.05) is 7.11 Å². The van der Waals surface area contributed by atoms with Gasteiger partial charge in [0.1, 0.15) is 0 Å². The van der Waals surface area contributed by atoms with E-state index >= 15 is 0 Å². The van der Waals surface area contributed by atoms with Gasteiger partial charge in [-0.25, -0.2) is 0 Å². The number of ether oxygens (including phenoxy) is 2. The van der Waals surface area contributed by atoms with Crippen LogP contribution in [-0.2, 0) is 16.1 Å². The Morgan fingerprint density at radius 1 is 1.27 bits per heavy atom. The third-order valence-electron chi connectivity index (χ3n) is 2.08. The van der Waals surface area contributed by atoms with Gasteiger partial charge in [0.05, 0.1) is 6.61 Å². The van der Waals surface area contributed by atoms with Gasteiger partial charge in [0.15, 0.2) is 5.79 Å². The quantitative estimate of drug-likeness (QED) is 0.770. The van der Waals surface area contributed by atoms with Crippen molar-refractivity contribution >= 4 is 31.9 Å². The fraction of sp³-hybridized carbons (Fsp3) is 0.455. The van der Waals surface area contributed by atoms with Gasteiger partial charge in [0.2, 0.25) is 0 Å². The normalized spacial score (nSPS) is 11.8. The maximum atomic E-state index is 5.62. The van der Waals surface area contributed by atoms with Crippen LogP contribution in [-0.4, -0.2) is 12.9 Å². The molecule has 0 bridgehead atoms. The average Bonchev–Trinajstić information content (AvgIpc) is 2.16. The fourth-order valence-corrected chi connectivity index (χ4v) is 2.11. The van der Waals surface area contributed by atoms with E-state index in [4.69, 9.17) is 9.47 Å². The van der Waals surface area contributed by atoms with E-state index in [9.17, 15) is 0 Å². The van der Waals surface area contributed by atoms with Crippen LogP contribution < -0.4 is 0 Å². The molecule has 0 spiro atoms. The Labute approximate surface area is 107 Å². The lowest BCUT2D eigenvalue weighted by Gasteiger charge is -2.23. The van der Waals surface area contributed by atoms with Gasteiger partial charge < -0.3 is 9.47 Å². The maximum absolute atomic E-state index is 5.62. The molecule has 0 unspecified atom stereocenters. The van der Waals surface area contributed by atoms with Crippen molar-refractivity contribution in [2.45, 2.75) is 26.2 Å². The van der Waals surface area contributed by atoms with E-state index in [0.717, 1.165) is 14.5 Å². The Bertz CT molecular complexity index is 337. The molecule has 0 radical (unpaired) electrons. The highest BCUT2D eigenvalue weighted by Crippen LogP contribution is 2.24. The summed E-state index contributed by atoms with van der Waals surface area (Å²) in [6.07, 6.45) is 0. The lowest BCUT2D eigenvalue weighted by molar-refractivity contribution is -0.204. The summed E-state index contributed by atoms with van der Waals surface area (Å²) in [5, 5.41) is 0. The van der Waals surface area contributed by atoms with Crippen LogP contribution >= 0.6 is 31.9 Å². The standard InChI is InChI=1S/C11H14Br2O2/c1-11(2,14-3)15-7-8-4-5-9(12)6-10(8)13/h4-6H,7H2,1-3H3. The zero-order valence-electron chi connectivity index (χ0n) is 9.01. The number of benzene rings is 1. The van der Waals surface area contributed by atoms with Crippen LogP contribution in [0.15, 0.2) is 27.1 Å². The van der Waals surface area contributed by atoms with Crippen LogP contribution in [0, 0.1) is 0 Å². The van der Waals surface area contributed by atoms with Crippen molar-refractivity contribution < 1.29 is 9.47 Å². The van der Waals surface area contributed by atoms with E-state index in [0.29, 0.717) is 6.61 Å². The molecule has 0 atom stereocenters. The zero-order chi connectivity index (χ0) is 11.5. The van der Waals surface area contributed by atoms with Crippen molar-refractivity contribution in [2.24, 2.45) is 0 Å². The monoisotopic (exact) mass is 336 g/mol. The van der Waals surface area contributed by atoms with Crippen LogP contribution in [0.3, 0.4) is 0 Å². The Kier molecular flexibility index (Phi) is 4.77. The van der Waals surface area contributed by atoms with Crippen LogP contribution in [0.4, 0.5) is 0 Å². The van der Waals surface area contributed by atoms with E-state index in [-0.39, 0.29) is 0 Å². The molecule has 0 heterocycles. The predicted molar refractivity (Wildman–Crippen MR) is 67.7 cm³/mol. The third-order valence-corrected chi connectivity index (χ3v) is 3.31. The van der Waals surface area contributed by atoms with Gasteiger partial charge in [-0.3, -0.25) is 0 Å². The lowest BCUT2D eigenvalue weighted by atomic mass is 10.2. The van der Waals surface area contributed by atoms with Crippen LogP contribution in [0.1, 0.15) is 19.4 Å². The van der Waals surface area contributed by atoms with Gasteiger partial charge in [0.25, 0.3) is 0 Å². The molecule has 15 heavy (non-hydrogen) atoms. The van der Waals surface area contributed by atoms with E-state index < -0.39 is 5.79 Å². The first kappa shape index (κ1) is 13.2. The second-order valence-electron chi connectivity index (χ2n) is 3.63. The van der Waals surface area contributed by atoms with Crippen molar-refractivity contribution in [3.05, 3.63) is 32.7 Å². The molecule has 0 aliphatic rings. The number of halogens is 2. The van der Waals surface area contributed by atoms with E-state index in [1.165, 1.54) is 0 Å². The zero-order valence-corrected chi connectivity index (χ0v) is 12.2. The second-order valence-corrected chi connectivity index (χ2v) is 5.40. The van der Waals surface area contributed by atoms with Gasteiger partial charge in [-0.1, -0.05) is 37.9 Å². The van der Waals surface area contributed by atoms with Gasteiger partial charge in [-0.15, -0.1) is 0 Å². The molecule has 0 aromatic heterocycles. The first-order valence-electron chi connectivity index (χ1n) is 4.57. The molecule has 0 saturated carbocycles. The van der Waals surface area contributed by atoms with Crippen LogP contribution in [0.2, 0.25) is 0 Å². The Balaban J connectivity index is 2.66. The smallest absolute Gasteiger partial charge is 0.162 e. The molecule has 1 rings (SSSR count). The van der Waals surface area contributed by atoms with Crippen molar-refractivity contribution in [3.63, 3.8) is 0 Å². The molecule has 84 valence electrons. The fourth-order valence-electron chi connectivity index (χ4n) is 0.949. The average molecular weight is 338 g/mol. The van der Waals surface area contributed by atoms with Crippen molar-refractivity contribution in [1.82, 2.24) is 0 Å². The summed E-state index contributed by atoms with van der Waals surface area (Å²) in [5.74, 6) is -0.549. The SMILES string of the molecule is COC(C)(C)OCc1ccc(Br)cc1Br. The highest BCUT2D eigenvalue weighted by molar-refractivity contribution is 9.11. The summed E-state index contributed by atoms with van der Waals surface area (Å²) >= 11 is 6.89. The Morgan fingerprint density at radius 3 is 2.47 bits per heavy atom. The number of hydrogen-bond donors (Lipinski definition) is 0. The predicted octanol–water partition coefficient (Wildman–Crippen LogP) is 4.11. The summed E-state index contributed by atoms with van der Waals surface area (Å²) < 4.78 is 12.9. The first-order valence-corrected chi connectivity index (χ1v) is 6.16. The second kappa shape index (κ2) is 5.43. The van der Waals surface area contributed by atoms with E-state index in [1.807, 2.05) is 32.0 Å². The molecule has 4 heteroatoms. The third kappa shape index (κ3) is 4.23. The Hall–Kier alpha value is 0.1000. The summed E-state index contributed by atoms with van der Waals surface area (Å²) in [6.45, 7) is 4.30. The molecular weight excluding hydrogens is 324 g/mol. The van der Waals surface area contributed by atoms with Gasteiger partial charge in [-0.05, 0) is 31.5 Å². The molecule has 1 aromatic rings. The highest BCUT2D eigenvalue weighted by Gasteiger charge is 2.16. The van der Waals surface area contributed by atoms with Crippen molar-refractivity contribution in [1.29, 1.82) is 0 Å². The highest BCUT2D eigenvalue weighted by atomic mass is 79.9. The van der Waals surface area contributed by atoms with E-state index in [2.05, 4.69) is 31.9 Å². The molecular formula is C11H14Br2O2. The largest absolute Gasteiger partial charge is 0.354 e. The topological polar surface area (TPSA) is 18.5 Å². The lowest BCUT2D eigenvalue weighted by Crippen LogP contribution is -2.26. The molecule has 0 amide bonds. The molecule has 0 fully saturated rings. The molecule has 0 N–H and O–H groups in total. The molecule has 2 nitrogen and oxygen atoms in total. The summed E-state index contributed by atoms with van der Waals surface area (Å²) in [4.78, 5) is 0. The minimum atomic E-state index is -0.549.